The van der Waals surface area contributed by atoms with Crippen LogP contribution in [0.4, 0.5) is 0 Å². The molecule has 0 aliphatic heterocycles. The van der Waals surface area contributed by atoms with Gasteiger partial charge in [0.2, 0.25) is 0 Å². The zero-order valence-corrected chi connectivity index (χ0v) is 12.1. The molecule has 0 bridgehead atoms. The molecule has 20 heavy (non-hydrogen) atoms. The van der Waals surface area contributed by atoms with Crippen molar-refractivity contribution >= 4 is 21.5 Å². The van der Waals surface area contributed by atoms with Crippen molar-refractivity contribution in [3.05, 3.63) is 60.7 Å². The fourth-order valence-electron chi connectivity index (χ4n) is 1.88. The summed E-state index contributed by atoms with van der Waals surface area (Å²) in [5.74, 6) is 0. The highest BCUT2D eigenvalue weighted by molar-refractivity contribution is 5.98. The van der Waals surface area contributed by atoms with Gasteiger partial charge in [0.15, 0.2) is 0 Å². The lowest BCUT2D eigenvalue weighted by atomic mass is 10.0. The van der Waals surface area contributed by atoms with Crippen molar-refractivity contribution in [1.82, 2.24) is 0 Å². The molecule has 3 aromatic carbocycles. The molecule has 0 saturated carbocycles. The van der Waals surface area contributed by atoms with Crippen LogP contribution in [0.25, 0.3) is 21.5 Å². The zero-order chi connectivity index (χ0) is 14.8. The number of rotatable bonds is 0. The fourth-order valence-corrected chi connectivity index (χ4v) is 1.88. The monoisotopic (exact) mass is 270 g/mol. The molecule has 0 atom stereocenters. The second-order valence-electron chi connectivity index (χ2n) is 4.18. The number of aliphatic hydroxyl groups excluding tert-OH is 2. The molecule has 0 spiro atoms. The third kappa shape index (κ3) is 4.65. The Kier molecular flexibility index (Phi) is 7.33. The molecule has 106 valence electrons. The molecule has 0 heterocycles. The molecule has 0 aromatic heterocycles. The van der Waals surface area contributed by atoms with Gasteiger partial charge < -0.3 is 10.2 Å². The summed E-state index contributed by atoms with van der Waals surface area (Å²) in [7, 11) is 0. The van der Waals surface area contributed by atoms with E-state index in [-0.39, 0.29) is 13.2 Å². The van der Waals surface area contributed by atoms with Crippen LogP contribution in [0.3, 0.4) is 0 Å². The van der Waals surface area contributed by atoms with E-state index in [1.807, 2.05) is 0 Å². The van der Waals surface area contributed by atoms with E-state index in [2.05, 4.69) is 60.7 Å². The Balaban J connectivity index is 0.000000290. The summed E-state index contributed by atoms with van der Waals surface area (Å²) in [4.78, 5) is 0. The first-order chi connectivity index (χ1) is 9.76. The average Bonchev–Trinajstić information content (AvgIpc) is 2.47. The predicted octanol–water partition coefficient (Wildman–Crippen LogP) is 3.99. The highest BCUT2D eigenvalue weighted by atomic mass is 16.3. The third-order valence-electron chi connectivity index (χ3n) is 2.61. The highest BCUT2D eigenvalue weighted by Crippen LogP contribution is 2.21. The lowest BCUT2D eigenvalue weighted by Gasteiger charge is -2.00. The molecule has 2 N–H and O–H groups in total. The van der Waals surface area contributed by atoms with Gasteiger partial charge in [-0.05, 0) is 47.5 Å². The summed E-state index contributed by atoms with van der Waals surface area (Å²) in [6, 6.07) is 21.4. The molecule has 2 heteroatoms. The lowest BCUT2D eigenvalue weighted by Crippen LogP contribution is -1.74. The minimum absolute atomic E-state index is 0.250. The quantitative estimate of drug-likeness (QED) is 0.606. The number of benzene rings is 3. The molecule has 0 unspecified atom stereocenters. The van der Waals surface area contributed by atoms with Gasteiger partial charge in [-0.25, -0.2) is 0 Å². The molecule has 2 nitrogen and oxygen atoms in total. The van der Waals surface area contributed by atoms with E-state index in [9.17, 15) is 0 Å². The van der Waals surface area contributed by atoms with Crippen molar-refractivity contribution in [2.45, 2.75) is 13.8 Å². The smallest absolute Gasteiger partial charge is 0.0402 e. The molecule has 0 saturated heterocycles. The van der Waals surface area contributed by atoms with Crippen LogP contribution in [-0.2, 0) is 0 Å². The molecule has 0 amide bonds. The van der Waals surface area contributed by atoms with Crippen LogP contribution in [0, 0.1) is 0 Å². The highest BCUT2D eigenvalue weighted by Gasteiger charge is 1.95. The normalized spacial score (nSPS) is 9.40. The van der Waals surface area contributed by atoms with Crippen molar-refractivity contribution in [3.63, 3.8) is 0 Å². The second-order valence-corrected chi connectivity index (χ2v) is 4.18. The van der Waals surface area contributed by atoms with Crippen molar-refractivity contribution < 1.29 is 10.2 Å². The van der Waals surface area contributed by atoms with E-state index >= 15 is 0 Å². The summed E-state index contributed by atoms with van der Waals surface area (Å²) in [5, 5.41) is 20.4. The van der Waals surface area contributed by atoms with E-state index in [1.54, 1.807) is 13.8 Å². The van der Waals surface area contributed by atoms with Crippen LogP contribution in [0.15, 0.2) is 60.7 Å². The standard InChI is InChI=1S/C14H10.2C2H6O/c1-2-6-12-10-14-8-4-3-7-13(14)9-11(12)5-1;2*1-2-3/h1-10H;2*3H,2H2,1H3. The minimum Gasteiger partial charge on any atom is -0.397 e. The van der Waals surface area contributed by atoms with Crippen molar-refractivity contribution in [2.24, 2.45) is 0 Å². The fraction of sp³-hybridized carbons (Fsp3) is 0.222. The first-order valence-electron chi connectivity index (χ1n) is 6.86. The Morgan fingerprint density at radius 1 is 0.600 bits per heavy atom. The molecule has 3 aromatic rings. The van der Waals surface area contributed by atoms with Crippen LogP contribution in [0.1, 0.15) is 13.8 Å². The molecule has 0 fully saturated rings. The van der Waals surface area contributed by atoms with E-state index in [1.165, 1.54) is 21.5 Å². The first kappa shape index (κ1) is 16.2. The van der Waals surface area contributed by atoms with Gasteiger partial charge in [0.05, 0.1) is 0 Å². The van der Waals surface area contributed by atoms with Crippen LogP contribution >= 0.6 is 0 Å². The summed E-state index contributed by atoms with van der Waals surface area (Å²) in [5.41, 5.74) is 0. The van der Waals surface area contributed by atoms with Gasteiger partial charge in [0.1, 0.15) is 0 Å². The zero-order valence-electron chi connectivity index (χ0n) is 12.1. The van der Waals surface area contributed by atoms with E-state index in [0.717, 1.165) is 0 Å². The van der Waals surface area contributed by atoms with E-state index < -0.39 is 0 Å². The number of hydrogen-bond acceptors (Lipinski definition) is 2. The Labute approximate surface area is 120 Å². The van der Waals surface area contributed by atoms with Gasteiger partial charge in [0.25, 0.3) is 0 Å². The van der Waals surface area contributed by atoms with Gasteiger partial charge in [-0.2, -0.15) is 0 Å². The Hall–Kier alpha value is -1.90. The summed E-state index contributed by atoms with van der Waals surface area (Å²) in [6.07, 6.45) is 0. The maximum atomic E-state index is 7.57. The average molecular weight is 270 g/mol. The molecule has 3 rings (SSSR count). The maximum absolute atomic E-state index is 7.57. The molecular formula is C18H22O2. The Morgan fingerprint density at radius 3 is 1.00 bits per heavy atom. The van der Waals surface area contributed by atoms with Gasteiger partial charge in [-0.15, -0.1) is 0 Å². The summed E-state index contributed by atoms with van der Waals surface area (Å²) >= 11 is 0. The molecular weight excluding hydrogens is 248 g/mol. The third-order valence-corrected chi connectivity index (χ3v) is 2.61. The predicted molar refractivity (Wildman–Crippen MR) is 87.0 cm³/mol. The number of fused-ring (bicyclic) bond motifs is 2. The largest absolute Gasteiger partial charge is 0.397 e. The van der Waals surface area contributed by atoms with Gasteiger partial charge in [0, 0.05) is 13.2 Å². The summed E-state index contributed by atoms with van der Waals surface area (Å²) < 4.78 is 0. The van der Waals surface area contributed by atoms with Crippen molar-refractivity contribution in [2.75, 3.05) is 13.2 Å². The lowest BCUT2D eigenvalue weighted by molar-refractivity contribution is 0.318. The minimum atomic E-state index is 0.250. The topological polar surface area (TPSA) is 40.5 Å². The first-order valence-corrected chi connectivity index (χ1v) is 6.86. The van der Waals surface area contributed by atoms with Gasteiger partial charge in [-0.3, -0.25) is 0 Å². The van der Waals surface area contributed by atoms with Crippen molar-refractivity contribution in [3.8, 4) is 0 Å². The molecule has 0 aliphatic rings. The van der Waals surface area contributed by atoms with Crippen LogP contribution in [0.5, 0.6) is 0 Å². The Bertz CT molecular complexity index is 525. The molecule has 0 radical (unpaired) electrons. The van der Waals surface area contributed by atoms with Crippen LogP contribution in [-0.4, -0.2) is 23.4 Å². The number of hydrogen-bond donors (Lipinski definition) is 2. The summed E-state index contributed by atoms with van der Waals surface area (Å²) in [6.45, 7) is 3.86. The maximum Gasteiger partial charge on any atom is 0.0402 e. The SMILES string of the molecule is CCO.CCO.c1ccc2cc3ccccc3cc2c1. The molecule has 0 aliphatic carbocycles. The van der Waals surface area contributed by atoms with Gasteiger partial charge >= 0.3 is 0 Å². The van der Waals surface area contributed by atoms with Crippen molar-refractivity contribution in [1.29, 1.82) is 0 Å². The van der Waals surface area contributed by atoms with E-state index in [4.69, 9.17) is 10.2 Å². The second kappa shape index (κ2) is 9.08. The van der Waals surface area contributed by atoms with Gasteiger partial charge in [-0.1, -0.05) is 48.5 Å². The van der Waals surface area contributed by atoms with Crippen LogP contribution in [0.2, 0.25) is 0 Å². The van der Waals surface area contributed by atoms with Crippen LogP contribution < -0.4 is 0 Å². The Morgan fingerprint density at radius 2 is 0.800 bits per heavy atom. The van der Waals surface area contributed by atoms with E-state index in [0.29, 0.717) is 0 Å². The number of aliphatic hydroxyl groups is 2.